The van der Waals surface area contributed by atoms with Crippen LogP contribution < -0.4 is 0 Å². The van der Waals surface area contributed by atoms with Gasteiger partial charge in [0.25, 0.3) is 0 Å². The first kappa shape index (κ1) is 16.0. The first-order valence-electron chi connectivity index (χ1n) is 6.74. The van der Waals surface area contributed by atoms with Crippen LogP contribution in [0, 0.1) is 12.7 Å². The van der Waals surface area contributed by atoms with Gasteiger partial charge in [-0.05, 0) is 30.6 Å². The Balaban J connectivity index is 1.87. The molecule has 0 saturated carbocycles. The normalized spacial score (nSPS) is 12.2. The molecule has 0 radical (unpaired) electrons. The van der Waals surface area contributed by atoms with Gasteiger partial charge < -0.3 is 0 Å². The van der Waals surface area contributed by atoms with Gasteiger partial charge in [-0.1, -0.05) is 21.9 Å². The molecule has 0 saturated heterocycles. The molecule has 3 aromatic heterocycles. The number of nitrogens with zero attached hydrogens (tertiary/aromatic N) is 6. The topological polar surface area (TPSA) is 68.9 Å². The Morgan fingerprint density at radius 1 is 1.12 bits per heavy atom. The second kappa shape index (κ2) is 5.52. The summed E-state index contributed by atoms with van der Waals surface area (Å²) in [6.45, 7) is 1.74. The lowest BCUT2D eigenvalue weighted by Gasteiger charge is -2.09. The van der Waals surface area contributed by atoms with Crippen molar-refractivity contribution < 1.29 is 17.6 Å². The van der Waals surface area contributed by atoms with Crippen molar-refractivity contribution in [2.24, 2.45) is 0 Å². The monoisotopic (exact) mass is 386 g/mol. The standard InChI is InChI=1S/C13H6F4N6S2/c1-5-9(25-22-18-5)10-19-20-12-23(10)21-11(24-12)6-3-2-4-7(8(6)14)13(15,16)17/h2-4H,1H3. The van der Waals surface area contributed by atoms with Crippen molar-refractivity contribution in [2.75, 3.05) is 0 Å². The summed E-state index contributed by atoms with van der Waals surface area (Å²) in [5.74, 6) is -1.01. The van der Waals surface area contributed by atoms with Crippen molar-refractivity contribution in [3.63, 3.8) is 0 Å². The molecule has 0 atom stereocenters. The van der Waals surface area contributed by atoms with Gasteiger partial charge >= 0.3 is 6.18 Å². The maximum absolute atomic E-state index is 14.3. The molecule has 4 aromatic rings. The summed E-state index contributed by atoms with van der Waals surface area (Å²) in [6.07, 6.45) is -4.78. The lowest BCUT2D eigenvalue weighted by molar-refractivity contribution is -0.139. The van der Waals surface area contributed by atoms with E-state index in [1.54, 1.807) is 6.92 Å². The molecule has 0 bridgehead atoms. The lowest BCUT2D eigenvalue weighted by atomic mass is 10.1. The Labute approximate surface area is 144 Å². The fourth-order valence-electron chi connectivity index (χ4n) is 2.22. The van der Waals surface area contributed by atoms with Gasteiger partial charge in [-0.15, -0.1) is 15.3 Å². The number of aryl methyl sites for hydroxylation is 1. The Morgan fingerprint density at radius 2 is 1.92 bits per heavy atom. The predicted octanol–water partition coefficient (Wildman–Crippen LogP) is 3.84. The average molecular weight is 386 g/mol. The van der Waals surface area contributed by atoms with Crippen LogP contribution in [0.1, 0.15) is 11.3 Å². The van der Waals surface area contributed by atoms with Crippen LogP contribution >= 0.6 is 22.9 Å². The molecule has 25 heavy (non-hydrogen) atoms. The van der Waals surface area contributed by atoms with E-state index in [0.717, 1.165) is 28.9 Å². The number of aromatic nitrogens is 6. The van der Waals surface area contributed by atoms with Crippen molar-refractivity contribution in [2.45, 2.75) is 13.1 Å². The van der Waals surface area contributed by atoms with E-state index in [2.05, 4.69) is 24.9 Å². The van der Waals surface area contributed by atoms with Crippen molar-refractivity contribution >= 4 is 27.8 Å². The molecule has 0 aliphatic rings. The summed E-state index contributed by atoms with van der Waals surface area (Å²) in [5, 5.41) is 16.1. The van der Waals surface area contributed by atoms with Gasteiger partial charge in [0.2, 0.25) is 4.96 Å². The molecule has 0 amide bonds. The van der Waals surface area contributed by atoms with Crippen LogP contribution in [0.25, 0.3) is 26.2 Å². The SMILES string of the molecule is Cc1nnsc1-c1nnc2sc(-c3cccc(C(F)(F)F)c3F)nn12. The van der Waals surface area contributed by atoms with Gasteiger partial charge in [-0.3, -0.25) is 0 Å². The average Bonchev–Trinajstić information content (AvgIpc) is 3.21. The molecule has 12 heteroatoms. The highest BCUT2D eigenvalue weighted by Crippen LogP contribution is 2.37. The van der Waals surface area contributed by atoms with Crippen molar-refractivity contribution in [1.29, 1.82) is 0 Å². The van der Waals surface area contributed by atoms with Crippen LogP contribution in [0.4, 0.5) is 17.6 Å². The first-order valence-corrected chi connectivity index (χ1v) is 8.33. The van der Waals surface area contributed by atoms with Crippen LogP contribution in [0.2, 0.25) is 0 Å². The molecule has 0 fully saturated rings. The van der Waals surface area contributed by atoms with Crippen LogP contribution in [0.15, 0.2) is 18.2 Å². The Morgan fingerprint density at radius 3 is 2.60 bits per heavy atom. The third kappa shape index (κ3) is 2.57. The molecule has 1 aromatic carbocycles. The fourth-order valence-corrected chi connectivity index (χ4v) is 3.71. The van der Waals surface area contributed by atoms with Crippen LogP contribution in [0.3, 0.4) is 0 Å². The maximum Gasteiger partial charge on any atom is 0.419 e. The largest absolute Gasteiger partial charge is 0.419 e. The molecular formula is C13H6F4N6S2. The van der Waals surface area contributed by atoms with E-state index in [1.165, 1.54) is 10.6 Å². The zero-order valence-corrected chi connectivity index (χ0v) is 13.9. The smallest absolute Gasteiger partial charge is 0.206 e. The van der Waals surface area contributed by atoms with Crippen LogP contribution in [0.5, 0.6) is 0 Å². The van der Waals surface area contributed by atoms with Gasteiger partial charge in [0.15, 0.2) is 10.8 Å². The molecule has 6 nitrogen and oxygen atoms in total. The molecule has 0 N–H and O–H groups in total. The third-order valence-electron chi connectivity index (χ3n) is 3.38. The van der Waals surface area contributed by atoms with Crippen molar-refractivity contribution in [3.8, 4) is 21.3 Å². The lowest BCUT2D eigenvalue weighted by Crippen LogP contribution is -2.08. The zero-order valence-electron chi connectivity index (χ0n) is 12.2. The second-order valence-electron chi connectivity index (χ2n) is 4.98. The van der Waals surface area contributed by atoms with E-state index < -0.39 is 17.6 Å². The summed E-state index contributed by atoms with van der Waals surface area (Å²) in [5.41, 5.74) is -0.951. The summed E-state index contributed by atoms with van der Waals surface area (Å²) in [7, 11) is 0. The highest BCUT2D eigenvalue weighted by atomic mass is 32.1. The van der Waals surface area contributed by atoms with E-state index in [9.17, 15) is 17.6 Å². The first-order chi connectivity index (χ1) is 11.9. The second-order valence-corrected chi connectivity index (χ2v) is 6.69. The third-order valence-corrected chi connectivity index (χ3v) is 5.14. The molecule has 0 spiro atoms. The number of fused-ring (bicyclic) bond motifs is 1. The van der Waals surface area contributed by atoms with Gasteiger partial charge in [-0.25, -0.2) is 4.39 Å². The molecule has 4 rings (SSSR count). The highest BCUT2D eigenvalue weighted by molar-refractivity contribution is 7.19. The van der Waals surface area contributed by atoms with Crippen molar-refractivity contribution in [3.05, 3.63) is 35.3 Å². The number of rotatable bonds is 2. The van der Waals surface area contributed by atoms with Crippen molar-refractivity contribution in [1.82, 2.24) is 29.4 Å². The fraction of sp³-hybridized carbons (Fsp3) is 0.154. The number of alkyl halides is 3. The molecule has 0 unspecified atom stereocenters. The summed E-state index contributed by atoms with van der Waals surface area (Å²) < 4.78 is 58.1. The highest BCUT2D eigenvalue weighted by Gasteiger charge is 2.35. The van der Waals surface area contributed by atoms with Crippen LogP contribution in [-0.2, 0) is 6.18 Å². The number of halogens is 4. The molecule has 0 aliphatic carbocycles. The maximum atomic E-state index is 14.3. The zero-order chi connectivity index (χ0) is 17.8. The Bertz CT molecular complexity index is 1080. The molecular weight excluding hydrogens is 380 g/mol. The summed E-state index contributed by atoms with van der Waals surface area (Å²) >= 11 is 2.04. The minimum atomic E-state index is -4.78. The summed E-state index contributed by atoms with van der Waals surface area (Å²) in [4.78, 5) is 0.962. The molecule has 128 valence electrons. The minimum absolute atomic E-state index is 0.0740. The van der Waals surface area contributed by atoms with Crippen LogP contribution in [-0.4, -0.2) is 29.4 Å². The molecule has 0 aliphatic heterocycles. The van der Waals surface area contributed by atoms with Gasteiger partial charge in [0, 0.05) is 5.56 Å². The molecule has 3 heterocycles. The predicted molar refractivity (Wildman–Crippen MR) is 82.7 cm³/mol. The Hall–Kier alpha value is -2.47. The van der Waals surface area contributed by atoms with E-state index in [-0.39, 0.29) is 10.6 Å². The minimum Gasteiger partial charge on any atom is -0.206 e. The quantitative estimate of drug-likeness (QED) is 0.490. The van der Waals surface area contributed by atoms with E-state index in [0.29, 0.717) is 27.4 Å². The van der Waals surface area contributed by atoms with E-state index in [4.69, 9.17) is 0 Å². The summed E-state index contributed by atoms with van der Waals surface area (Å²) in [6, 6.07) is 3.08. The number of benzene rings is 1. The number of hydrogen-bond donors (Lipinski definition) is 0. The van der Waals surface area contributed by atoms with E-state index >= 15 is 0 Å². The van der Waals surface area contributed by atoms with E-state index in [1.807, 2.05) is 0 Å². The van der Waals surface area contributed by atoms with Gasteiger partial charge in [-0.2, -0.15) is 22.8 Å². The van der Waals surface area contributed by atoms with Gasteiger partial charge in [0.05, 0.1) is 11.3 Å². The Kier molecular flexibility index (Phi) is 3.54. The number of hydrogen-bond acceptors (Lipinski definition) is 7. The van der Waals surface area contributed by atoms with Gasteiger partial charge in [0.1, 0.15) is 10.7 Å².